The zero-order chi connectivity index (χ0) is 19.5. The predicted molar refractivity (Wildman–Crippen MR) is 111 cm³/mol. The van der Waals surface area contributed by atoms with Crippen molar-refractivity contribution in [2.45, 2.75) is 62.7 Å². The van der Waals surface area contributed by atoms with E-state index >= 15 is 0 Å². The van der Waals surface area contributed by atoms with Gasteiger partial charge < -0.3 is 0 Å². The first-order chi connectivity index (χ1) is 13.7. The van der Waals surface area contributed by atoms with Crippen molar-refractivity contribution in [1.82, 2.24) is 14.5 Å². The molecule has 1 N–H and O–H groups in total. The fraction of sp³-hybridized carbons (Fsp3) is 0.455. The summed E-state index contributed by atoms with van der Waals surface area (Å²) < 4.78 is 16.5. The third-order valence-corrected chi connectivity index (χ3v) is 7.74. The molecule has 2 heterocycles. The van der Waals surface area contributed by atoms with Crippen LogP contribution in [0.5, 0.6) is 0 Å². The van der Waals surface area contributed by atoms with E-state index in [2.05, 4.69) is 22.7 Å². The molecule has 1 aromatic carbocycles. The Morgan fingerprint density at radius 1 is 1.18 bits per heavy atom. The van der Waals surface area contributed by atoms with E-state index in [1.54, 1.807) is 12.1 Å². The molecule has 0 amide bonds. The molecule has 0 saturated heterocycles. The first kappa shape index (κ1) is 19.6. The van der Waals surface area contributed by atoms with Crippen molar-refractivity contribution in [3.63, 3.8) is 0 Å². The Morgan fingerprint density at radius 3 is 2.64 bits per heavy atom. The van der Waals surface area contributed by atoms with Crippen LogP contribution in [0.25, 0.3) is 16.7 Å². The first-order valence-electron chi connectivity index (χ1n) is 10.1. The summed E-state index contributed by atoms with van der Waals surface area (Å²) in [4.78, 5) is 9.63. The molecule has 0 aliphatic heterocycles. The molecule has 4 rings (SSSR count). The van der Waals surface area contributed by atoms with Gasteiger partial charge in [-0.15, -0.1) is 0 Å². The van der Waals surface area contributed by atoms with Crippen molar-refractivity contribution in [2.75, 3.05) is 0 Å². The molecule has 1 radical (unpaired) electrons. The van der Waals surface area contributed by atoms with Crippen molar-refractivity contribution in [1.29, 1.82) is 0 Å². The van der Waals surface area contributed by atoms with Crippen LogP contribution in [0.2, 0.25) is 5.21 Å². The summed E-state index contributed by atoms with van der Waals surface area (Å²) in [6.45, 7) is 2.21. The van der Waals surface area contributed by atoms with Gasteiger partial charge in [-0.1, -0.05) is 0 Å². The third kappa shape index (κ3) is 4.16. The molecule has 1 aliphatic rings. The molecule has 147 valence electrons. The number of unbranched alkanes of at least 4 members (excludes halogenated alkanes) is 1. The number of aromatic nitrogens is 3. The molecule has 1 aliphatic carbocycles. The Balaban J connectivity index is 1.75. The Morgan fingerprint density at radius 2 is 1.93 bits per heavy atom. The monoisotopic (exact) mass is 442 g/mol. The van der Waals surface area contributed by atoms with Gasteiger partial charge in [0.05, 0.1) is 0 Å². The van der Waals surface area contributed by atoms with Gasteiger partial charge in [0.25, 0.3) is 0 Å². The fourth-order valence-corrected chi connectivity index (χ4v) is 6.00. The SMILES string of the molecule is CCCC[As]c1ncc2c(n1)c(C1CCC(O)CC1)cn2-c1ccc(F)cc1. The van der Waals surface area contributed by atoms with Crippen molar-refractivity contribution in [3.05, 3.63) is 48.0 Å². The summed E-state index contributed by atoms with van der Waals surface area (Å²) in [6.07, 6.45) is 9.98. The van der Waals surface area contributed by atoms with Crippen LogP contribution < -0.4 is 4.61 Å². The van der Waals surface area contributed by atoms with Crippen LogP contribution in [0.1, 0.15) is 56.9 Å². The minimum atomic E-state index is -0.236. The van der Waals surface area contributed by atoms with Crippen LogP contribution in [0.15, 0.2) is 36.7 Å². The molecular formula is C22H26AsFN3O. The molecule has 0 atom stereocenters. The summed E-state index contributed by atoms with van der Waals surface area (Å²) >= 11 is -0.00780. The number of aliphatic hydroxyl groups excluding tert-OH is 1. The maximum atomic E-state index is 13.4. The summed E-state index contributed by atoms with van der Waals surface area (Å²) in [5, 5.41) is 11.1. The van der Waals surface area contributed by atoms with Crippen molar-refractivity contribution in [3.8, 4) is 5.69 Å². The zero-order valence-electron chi connectivity index (χ0n) is 16.2. The summed E-state index contributed by atoms with van der Waals surface area (Å²) in [5.74, 6) is 0.169. The molecule has 0 unspecified atom stereocenters. The molecule has 2 aromatic heterocycles. The quantitative estimate of drug-likeness (QED) is 0.462. The second-order valence-corrected chi connectivity index (χ2v) is 10.0. The molecule has 1 fully saturated rings. The number of fused-ring (bicyclic) bond motifs is 1. The van der Waals surface area contributed by atoms with Gasteiger partial charge in [0, 0.05) is 0 Å². The summed E-state index contributed by atoms with van der Waals surface area (Å²) in [5.41, 5.74) is 4.17. The van der Waals surface area contributed by atoms with E-state index in [1.165, 1.54) is 35.7 Å². The molecular weight excluding hydrogens is 416 g/mol. The number of hydrogen-bond donors (Lipinski definition) is 1. The summed E-state index contributed by atoms with van der Waals surface area (Å²) in [6, 6.07) is 6.57. The number of aliphatic hydroxyl groups is 1. The van der Waals surface area contributed by atoms with Gasteiger partial charge in [0.15, 0.2) is 0 Å². The second kappa shape index (κ2) is 8.75. The van der Waals surface area contributed by atoms with Crippen molar-refractivity contribution < 1.29 is 9.50 Å². The Labute approximate surface area is 171 Å². The van der Waals surface area contributed by atoms with Crippen LogP contribution in [-0.2, 0) is 0 Å². The first-order valence-corrected chi connectivity index (χ1v) is 12.4. The Kier molecular flexibility index (Phi) is 6.13. The molecule has 6 heteroatoms. The van der Waals surface area contributed by atoms with Gasteiger partial charge in [-0.2, -0.15) is 0 Å². The number of benzene rings is 1. The molecule has 0 spiro atoms. The third-order valence-electron chi connectivity index (χ3n) is 5.56. The molecule has 0 bridgehead atoms. The maximum absolute atomic E-state index is 13.4. The second-order valence-electron chi connectivity index (χ2n) is 7.58. The molecule has 1 saturated carbocycles. The molecule has 3 aromatic rings. The van der Waals surface area contributed by atoms with E-state index in [-0.39, 0.29) is 27.7 Å². The normalized spacial score (nSPS) is 20.4. The van der Waals surface area contributed by atoms with Gasteiger partial charge in [-0.3, -0.25) is 0 Å². The summed E-state index contributed by atoms with van der Waals surface area (Å²) in [7, 11) is 0. The van der Waals surface area contributed by atoms with E-state index in [4.69, 9.17) is 4.98 Å². The number of halogens is 1. The van der Waals surface area contributed by atoms with Gasteiger partial charge >= 0.3 is 172 Å². The fourth-order valence-electron chi connectivity index (χ4n) is 3.94. The van der Waals surface area contributed by atoms with Crippen LogP contribution in [0.4, 0.5) is 4.39 Å². The average Bonchev–Trinajstić information content (AvgIpc) is 3.08. The Hall–Kier alpha value is -1.71. The zero-order valence-corrected chi connectivity index (χ0v) is 18.1. The molecule has 28 heavy (non-hydrogen) atoms. The standard InChI is InChI=1S/C22H26AsFN3O/c1-2-3-12-23-22-25-13-20-21(26-22)19(15-4-10-18(28)11-5-15)14-27(20)17-8-6-16(24)7-9-17/h6-9,13-15,18,28H,2-5,10-12H2,1H3. The van der Waals surface area contributed by atoms with Gasteiger partial charge in [-0.05, 0) is 0 Å². The van der Waals surface area contributed by atoms with E-state index in [9.17, 15) is 9.50 Å². The van der Waals surface area contributed by atoms with Gasteiger partial charge in [0.2, 0.25) is 0 Å². The Bertz CT molecular complexity index is 933. The van der Waals surface area contributed by atoms with E-state index in [0.717, 1.165) is 47.0 Å². The van der Waals surface area contributed by atoms with E-state index < -0.39 is 0 Å². The van der Waals surface area contributed by atoms with Crippen molar-refractivity contribution >= 4 is 31.4 Å². The predicted octanol–water partition coefficient (Wildman–Crippen LogP) is 4.13. The van der Waals surface area contributed by atoms with E-state index in [0.29, 0.717) is 5.92 Å². The van der Waals surface area contributed by atoms with Crippen LogP contribution in [-0.4, -0.2) is 41.5 Å². The van der Waals surface area contributed by atoms with Gasteiger partial charge in [0.1, 0.15) is 0 Å². The molecule has 4 nitrogen and oxygen atoms in total. The van der Waals surface area contributed by atoms with Crippen LogP contribution in [0.3, 0.4) is 0 Å². The number of hydrogen-bond acceptors (Lipinski definition) is 3. The van der Waals surface area contributed by atoms with Crippen molar-refractivity contribution in [2.24, 2.45) is 0 Å². The van der Waals surface area contributed by atoms with Crippen LogP contribution in [0, 0.1) is 5.82 Å². The minimum absolute atomic E-state index is 0.00780. The average molecular weight is 442 g/mol. The topological polar surface area (TPSA) is 50.9 Å². The number of nitrogens with zero attached hydrogens (tertiary/aromatic N) is 3. The van der Waals surface area contributed by atoms with Crippen LogP contribution >= 0.6 is 0 Å². The van der Waals surface area contributed by atoms with Gasteiger partial charge in [-0.25, -0.2) is 0 Å². The number of rotatable bonds is 6. The van der Waals surface area contributed by atoms with E-state index in [1.807, 2.05) is 6.20 Å².